The zero-order valence-corrected chi connectivity index (χ0v) is 8.91. The van der Waals surface area contributed by atoms with Crippen molar-refractivity contribution < 1.29 is 4.79 Å². The van der Waals surface area contributed by atoms with Crippen LogP contribution in [-0.2, 0) is 4.79 Å². The maximum atomic E-state index is 11.4. The first kappa shape index (κ1) is 11.7. The van der Waals surface area contributed by atoms with Crippen molar-refractivity contribution >= 4 is 5.91 Å². The second-order valence-corrected chi connectivity index (χ2v) is 3.80. The fourth-order valence-corrected chi connectivity index (χ4v) is 1.75. The molecule has 0 aliphatic carbocycles. The fourth-order valence-electron chi connectivity index (χ4n) is 1.75. The Labute approximate surface area is 90.6 Å². The Hall–Kier alpha value is -1.34. The van der Waals surface area contributed by atoms with Gasteiger partial charge in [-0.3, -0.25) is 9.69 Å². The van der Waals surface area contributed by atoms with Gasteiger partial charge in [0.15, 0.2) is 0 Å². The van der Waals surface area contributed by atoms with Crippen molar-refractivity contribution in [2.45, 2.75) is 12.8 Å². The summed E-state index contributed by atoms with van der Waals surface area (Å²) in [6.07, 6.45) is 3.63. The summed E-state index contributed by atoms with van der Waals surface area (Å²) in [6.45, 7) is 6.07. The highest BCUT2D eigenvalue weighted by atomic mass is 16.2. The third kappa shape index (κ3) is 4.13. The first-order valence-electron chi connectivity index (χ1n) is 5.26. The highest BCUT2D eigenvalue weighted by molar-refractivity contribution is 5.78. The molecule has 1 amide bonds. The molecule has 1 aliphatic heterocycles. The molecule has 0 aromatic carbocycles. The summed E-state index contributed by atoms with van der Waals surface area (Å²) in [5, 5.41) is 11.5. The van der Waals surface area contributed by atoms with Crippen LogP contribution < -0.4 is 5.32 Å². The summed E-state index contributed by atoms with van der Waals surface area (Å²) >= 11 is 0. The van der Waals surface area contributed by atoms with Gasteiger partial charge in [0.2, 0.25) is 5.91 Å². The monoisotopic (exact) mass is 207 g/mol. The van der Waals surface area contributed by atoms with E-state index in [2.05, 4.69) is 18.0 Å². The van der Waals surface area contributed by atoms with Crippen LogP contribution in [0.25, 0.3) is 0 Å². The van der Waals surface area contributed by atoms with Crippen molar-refractivity contribution in [3.63, 3.8) is 0 Å². The van der Waals surface area contributed by atoms with E-state index in [0.29, 0.717) is 13.1 Å². The van der Waals surface area contributed by atoms with Gasteiger partial charge in [-0.1, -0.05) is 6.08 Å². The Morgan fingerprint density at radius 3 is 3.20 bits per heavy atom. The SMILES string of the molecule is C=CCNC(=O)CN1CCCC(C#N)C1. The number of piperidine rings is 1. The van der Waals surface area contributed by atoms with Crippen LogP contribution in [0.5, 0.6) is 0 Å². The molecular weight excluding hydrogens is 190 g/mol. The van der Waals surface area contributed by atoms with Crippen LogP contribution in [0.3, 0.4) is 0 Å². The molecule has 1 N–H and O–H groups in total. The lowest BCUT2D eigenvalue weighted by Gasteiger charge is -2.28. The highest BCUT2D eigenvalue weighted by Crippen LogP contribution is 2.14. The molecule has 4 heteroatoms. The van der Waals surface area contributed by atoms with E-state index in [4.69, 9.17) is 5.26 Å². The van der Waals surface area contributed by atoms with Crippen molar-refractivity contribution in [1.29, 1.82) is 5.26 Å². The number of carbonyl (C=O) groups is 1. The van der Waals surface area contributed by atoms with Crippen molar-refractivity contribution in [2.24, 2.45) is 5.92 Å². The number of hydrogen-bond donors (Lipinski definition) is 1. The maximum Gasteiger partial charge on any atom is 0.234 e. The van der Waals surface area contributed by atoms with Gasteiger partial charge in [-0.25, -0.2) is 0 Å². The van der Waals surface area contributed by atoms with Gasteiger partial charge in [0.05, 0.1) is 18.5 Å². The lowest BCUT2D eigenvalue weighted by molar-refractivity contribution is -0.122. The van der Waals surface area contributed by atoms with Crippen LogP contribution >= 0.6 is 0 Å². The molecule has 0 bridgehead atoms. The van der Waals surface area contributed by atoms with Gasteiger partial charge in [-0.15, -0.1) is 6.58 Å². The number of nitrogens with zero attached hydrogens (tertiary/aromatic N) is 2. The molecule has 1 rings (SSSR count). The van der Waals surface area contributed by atoms with E-state index in [1.165, 1.54) is 0 Å². The Kier molecular flexibility index (Phi) is 4.85. The molecule has 4 nitrogen and oxygen atoms in total. The predicted octanol–water partition coefficient (Wildman–Crippen LogP) is 0.524. The van der Waals surface area contributed by atoms with Crippen LogP contribution in [-0.4, -0.2) is 37.0 Å². The number of nitrogens with one attached hydrogen (secondary N) is 1. The standard InChI is InChI=1S/C11H17N3O/c1-2-5-13-11(15)9-14-6-3-4-10(7-12)8-14/h2,10H,1,3-6,8-9H2,(H,13,15). The lowest BCUT2D eigenvalue weighted by Crippen LogP contribution is -2.42. The molecule has 0 saturated carbocycles. The largest absolute Gasteiger partial charge is 0.352 e. The molecule has 82 valence electrons. The number of amides is 1. The molecule has 0 spiro atoms. The minimum absolute atomic E-state index is 0.00786. The number of likely N-dealkylation sites (tertiary alicyclic amines) is 1. The predicted molar refractivity (Wildman–Crippen MR) is 58.0 cm³/mol. The smallest absolute Gasteiger partial charge is 0.234 e. The molecule has 0 aromatic rings. The summed E-state index contributed by atoms with van der Waals surface area (Å²) in [5.74, 6) is 0.0967. The zero-order chi connectivity index (χ0) is 11.1. The van der Waals surface area contributed by atoms with E-state index in [9.17, 15) is 4.79 Å². The molecule has 1 fully saturated rings. The first-order valence-corrected chi connectivity index (χ1v) is 5.26. The van der Waals surface area contributed by atoms with Gasteiger partial charge in [-0.05, 0) is 19.4 Å². The van der Waals surface area contributed by atoms with Crippen LogP contribution in [0.4, 0.5) is 0 Å². The molecule has 0 radical (unpaired) electrons. The van der Waals surface area contributed by atoms with Gasteiger partial charge in [-0.2, -0.15) is 5.26 Å². The first-order chi connectivity index (χ1) is 7.26. The van der Waals surface area contributed by atoms with Crippen LogP contribution in [0.2, 0.25) is 0 Å². The van der Waals surface area contributed by atoms with Gasteiger partial charge >= 0.3 is 0 Å². The molecule has 15 heavy (non-hydrogen) atoms. The molecule has 1 atom stereocenters. The summed E-state index contributed by atoms with van der Waals surface area (Å²) in [5.41, 5.74) is 0. The van der Waals surface area contributed by atoms with E-state index < -0.39 is 0 Å². The van der Waals surface area contributed by atoms with Crippen molar-refractivity contribution in [1.82, 2.24) is 10.2 Å². The maximum absolute atomic E-state index is 11.4. The van der Waals surface area contributed by atoms with E-state index >= 15 is 0 Å². The summed E-state index contributed by atoms with van der Waals surface area (Å²) < 4.78 is 0. The second kappa shape index (κ2) is 6.20. The third-order valence-corrected chi connectivity index (χ3v) is 2.50. The lowest BCUT2D eigenvalue weighted by atomic mass is 10.00. The van der Waals surface area contributed by atoms with Crippen molar-refractivity contribution in [2.75, 3.05) is 26.2 Å². The Balaban J connectivity index is 2.28. The highest BCUT2D eigenvalue weighted by Gasteiger charge is 2.20. The van der Waals surface area contributed by atoms with Gasteiger partial charge in [0, 0.05) is 13.1 Å². The molecule has 1 unspecified atom stereocenters. The minimum Gasteiger partial charge on any atom is -0.352 e. The van der Waals surface area contributed by atoms with Crippen LogP contribution in [0.15, 0.2) is 12.7 Å². The molecule has 1 heterocycles. The van der Waals surface area contributed by atoms with E-state index in [0.717, 1.165) is 25.9 Å². The Morgan fingerprint density at radius 1 is 1.73 bits per heavy atom. The number of rotatable bonds is 4. The topological polar surface area (TPSA) is 56.1 Å². The number of carbonyl (C=O) groups excluding carboxylic acids is 1. The summed E-state index contributed by atoms with van der Waals surface area (Å²) in [7, 11) is 0. The van der Waals surface area contributed by atoms with Gasteiger partial charge in [0.1, 0.15) is 0 Å². The van der Waals surface area contributed by atoms with Crippen molar-refractivity contribution in [3.8, 4) is 6.07 Å². The van der Waals surface area contributed by atoms with Gasteiger partial charge < -0.3 is 5.32 Å². The normalized spacial score (nSPS) is 21.7. The minimum atomic E-state index is 0.00786. The number of nitriles is 1. The molecule has 1 aliphatic rings. The van der Waals surface area contributed by atoms with Crippen molar-refractivity contribution in [3.05, 3.63) is 12.7 Å². The third-order valence-electron chi connectivity index (χ3n) is 2.50. The van der Waals surface area contributed by atoms with Gasteiger partial charge in [0.25, 0.3) is 0 Å². The van der Waals surface area contributed by atoms with Crippen LogP contribution in [0.1, 0.15) is 12.8 Å². The van der Waals surface area contributed by atoms with Crippen LogP contribution in [0, 0.1) is 17.2 Å². The molecule has 1 saturated heterocycles. The Bertz CT molecular complexity index is 269. The Morgan fingerprint density at radius 2 is 2.53 bits per heavy atom. The van der Waals surface area contributed by atoms with E-state index in [1.807, 2.05) is 4.90 Å². The van der Waals surface area contributed by atoms with E-state index in [-0.39, 0.29) is 11.8 Å². The summed E-state index contributed by atoms with van der Waals surface area (Å²) in [6, 6.07) is 2.26. The molecular formula is C11H17N3O. The number of hydrogen-bond acceptors (Lipinski definition) is 3. The average molecular weight is 207 g/mol. The second-order valence-electron chi connectivity index (χ2n) is 3.80. The van der Waals surface area contributed by atoms with E-state index in [1.54, 1.807) is 6.08 Å². The zero-order valence-electron chi connectivity index (χ0n) is 8.91. The average Bonchev–Trinajstić information content (AvgIpc) is 2.26. The summed E-state index contributed by atoms with van der Waals surface area (Å²) in [4.78, 5) is 13.4. The quantitative estimate of drug-likeness (QED) is 0.684. The fraction of sp³-hybridized carbons (Fsp3) is 0.636. The molecule has 0 aromatic heterocycles.